The Balaban J connectivity index is 1.68. The molecule has 0 aliphatic rings. The fraction of sp³-hybridized carbons (Fsp3) is 0.105. The van der Waals surface area contributed by atoms with Gasteiger partial charge in [0, 0.05) is 31.5 Å². The van der Waals surface area contributed by atoms with Gasteiger partial charge in [0.05, 0.1) is 22.5 Å². The number of benzene rings is 2. The summed E-state index contributed by atoms with van der Waals surface area (Å²) in [4.78, 5) is 14.2. The number of hydrogen-bond donors (Lipinski definition) is 2. The SMILES string of the molecule is CN(C)c1cnnc(Nc2ccc(NC(=O)c3ccc(F)cc3Cl)cc2)c1. The van der Waals surface area contributed by atoms with E-state index in [0.717, 1.165) is 17.4 Å². The lowest BCUT2D eigenvalue weighted by Crippen LogP contribution is -2.12. The first-order valence-corrected chi connectivity index (χ1v) is 8.44. The molecule has 0 bridgehead atoms. The van der Waals surface area contributed by atoms with Crippen LogP contribution in [0, 0.1) is 5.82 Å². The minimum Gasteiger partial charge on any atom is -0.376 e. The van der Waals surface area contributed by atoms with Crippen molar-refractivity contribution >= 4 is 40.4 Å². The summed E-state index contributed by atoms with van der Waals surface area (Å²) < 4.78 is 13.1. The summed E-state index contributed by atoms with van der Waals surface area (Å²) in [5, 5.41) is 13.9. The highest BCUT2D eigenvalue weighted by atomic mass is 35.5. The number of nitrogens with one attached hydrogen (secondary N) is 2. The molecule has 0 atom stereocenters. The average molecular weight is 386 g/mol. The van der Waals surface area contributed by atoms with E-state index in [1.54, 1.807) is 30.5 Å². The van der Waals surface area contributed by atoms with Crippen LogP contribution in [0.3, 0.4) is 0 Å². The Hall–Kier alpha value is -3.19. The summed E-state index contributed by atoms with van der Waals surface area (Å²) in [5.41, 5.74) is 2.50. The highest BCUT2D eigenvalue weighted by Crippen LogP contribution is 2.22. The normalized spacial score (nSPS) is 10.4. The van der Waals surface area contributed by atoms with E-state index in [1.807, 2.05) is 25.1 Å². The van der Waals surface area contributed by atoms with Crippen molar-refractivity contribution in [3.8, 4) is 0 Å². The van der Waals surface area contributed by atoms with E-state index in [1.165, 1.54) is 12.1 Å². The molecule has 1 heterocycles. The van der Waals surface area contributed by atoms with E-state index in [9.17, 15) is 9.18 Å². The van der Waals surface area contributed by atoms with Crippen LogP contribution in [0.15, 0.2) is 54.7 Å². The van der Waals surface area contributed by atoms with Crippen molar-refractivity contribution in [3.05, 3.63) is 71.1 Å². The molecule has 3 aromatic rings. The van der Waals surface area contributed by atoms with Gasteiger partial charge in [-0.2, -0.15) is 5.10 Å². The molecular formula is C19H17ClFN5O. The highest BCUT2D eigenvalue weighted by molar-refractivity contribution is 6.34. The second-order valence-electron chi connectivity index (χ2n) is 5.97. The van der Waals surface area contributed by atoms with E-state index in [-0.39, 0.29) is 10.6 Å². The van der Waals surface area contributed by atoms with E-state index >= 15 is 0 Å². The van der Waals surface area contributed by atoms with Crippen molar-refractivity contribution in [2.45, 2.75) is 0 Å². The van der Waals surface area contributed by atoms with Crippen molar-refractivity contribution in [2.75, 3.05) is 29.6 Å². The van der Waals surface area contributed by atoms with Gasteiger partial charge < -0.3 is 15.5 Å². The third-order valence-corrected chi connectivity index (χ3v) is 4.06. The molecule has 0 aliphatic heterocycles. The Labute approximate surface area is 161 Å². The summed E-state index contributed by atoms with van der Waals surface area (Å²) in [7, 11) is 3.84. The van der Waals surface area contributed by atoms with Gasteiger partial charge in [-0.3, -0.25) is 4.79 Å². The van der Waals surface area contributed by atoms with Crippen LogP contribution in [0.1, 0.15) is 10.4 Å². The molecule has 27 heavy (non-hydrogen) atoms. The Morgan fingerprint density at radius 1 is 1.07 bits per heavy atom. The summed E-state index contributed by atoms with van der Waals surface area (Å²) in [6.45, 7) is 0. The molecule has 6 nitrogen and oxygen atoms in total. The second-order valence-corrected chi connectivity index (χ2v) is 6.38. The topological polar surface area (TPSA) is 70.2 Å². The van der Waals surface area contributed by atoms with Crippen molar-refractivity contribution in [1.29, 1.82) is 0 Å². The van der Waals surface area contributed by atoms with Gasteiger partial charge in [-0.1, -0.05) is 11.6 Å². The number of amides is 1. The number of halogens is 2. The second kappa shape index (κ2) is 8.01. The Morgan fingerprint density at radius 2 is 1.78 bits per heavy atom. The van der Waals surface area contributed by atoms with Crippen LogP contribution in [0.2, 0.25) is 5.02 Å². The first-order valence-electron chi connectivity index (χ1n) is 8.06. The van der Waals surface area contributed by atoms with Gasteiger partial charge in [-0.05, 0) is 42.5 Å². The number of carbonyl (C=O) groups is 1. The average Bonchev–Trinajstić information content (AvgIpc) is 2.63. The molecular weight excluding hydrogens is 369 g/mol. The molecule has 0 radical (unpaired) electrons. The lowest BCUT2D eigenvalue weighted by Gasteiger charge is -2.13. The molecule has 2 aromatic carbocycles. The van der Waals surface area contributed by atoms with Gasteiger partial charge in [0.1, 0.15) is 5.82 Å². The van der Waals surface area contributed by atoms with Gasteiger partial charge >= 0.3 is 0 Å². The molecule has 3 rings (SSSR count). The Morgan fingerprint density at radius 3 is 2.44 bits per heavy atom. The molecule has 138 valence electrons. The fourth-order valence-corrected chi connectivity index (χ4v) is 2.57. The maximum atomic E-state index is 13.1. The Kier molecular flexibility index (Phi) is 5.52. The van der Waals surface area contributed by atoms with Crippen LogP contribution in [0.25, 0.3) is 0 Å². The maximum absolute atomic E-state index is 13.1. The quantitative estimate of drug-likeness (QED) is 0.684. The first kappa shape index (κ1) is 18.6. The lowest BCUT2D eigenvalue weighted by atomic mass is 10.2. The van der Waals surface area contributed by atoms with E-state index < -0.39 is 11.7 Å². The zero-order valence-corrected chi connectivity index (χ0v) is 15.5. The third kappa shape index (κ3) is 4.71. The molecule has 8 heteroatoms. The molecule has 0 fully saturated rings. The summed E-state index contributed by atoms with van der Waals surface area (Å²) in [5.74, 6) is -0.297. The van der Waals surface area contributed by atoms with Gasteiger partial charge in [0.15, 0.2) is 5.82 Å². The number of anilines is 4. The maximum Gasteiger partial charge on any atom is 0.257 e. The van der Waals surface area contributed by atoms with E-state index in [4.69, 9.17) is 11.6 Å². The van der Waals surface area contributed by atoms with Crippen LogP contribution in [-0.2, 0) is 0 Å². The number of aromatic nitrogens is 2. The summed E-state index contributed by atoms with van der Waals surface area (Å²) in [6.07, 6.45) is 1.67. The zero-order chi connectivity index (χ0) is 19.4. The monoisotopic (exact) mass is 385 g/mol. The van der Waals surface area contributed by atoms with Crippen LogP contribution >= 0.6 is 11.6 Å². The van der Waals surface area contributed by atoms with Gasteiger partial charge in [-0.15, -0.1) is 5.10 Å². The summed E-state index contributed by atoms with van der Waals surface area (Å²) >= 11 is 5.91. The standard InChI is InChI=1S/C19H17ClFN5O/c1-26(2)15-10-18(25-22-11-15)23-13-4-6-14(7-5-13)24-19(27)16-8-3-12(21)9-17(16)20/h3-11H,1-2H3,(H,23,25)(H,24,27). The minimum atomic E-state index is -0.492. The van der Waals surface area contributed by atoms with Crippen molar-refractivity contribution in [1.82, 2.24) is 10.2 Å². The minimum absolute atomic E-state index is 0.0603. The predicted octanol–water partition coefficient (Wildman–Crippen LogP) is 4.33. The molecule has 0 spiro atoms. The Bertz CT molecular complexity index is 963. The van der Waals surface area contributed by atoms with Crippen molar-refractivity contribution < 1.29 is 9.18 Å². The lowest BCUT2D eigenvalue weighted by molar-refractivity contribution is 0.102. The smallest absolute Gasteiger partial charge is 0.257 e. The summed E-state index contributed by atoms with van der Waals surface area (Å²) in [6, 6.07) is 12.6. The highest BCUT2D eigenvalue weighted by Gasteiger charge is 2.11. The van der Waals surface area contributed by atoms with Crippen LogP contribution in [0.5, 0.6) is 0 Å². The van der Waals surface area contributed by atoms with Crippen LogP contribution in [-0.4, -0.2) is 30.2 Å². The first-order chi connectivity index (χ1) is 12.9. The van der Waals surface area contributed by atoms with Gasteiger partial charge in [-0.25, -0.2) is 4.39 Å². The molecule has 1 aromatic heterocycles. The number of nitrogens with zero attached hydrogens (tertiary/aromatic N) is 3. The van der Waals surface area contributed by atoms with Crippen LogP contribution < -0.4 is 15.5 Å². The largest absolute Gasteiger partial charge is 0.376 e. The molecule has 0 saturated carbocycles. The van der Waals surface area contributed by atoms with Crippen molar-refractivity contribution in [2.24, 2.45) is 0 Å². The van der Waals surface area contributed by atoms with E-state index in [2.05, 4.69) is 20.8 Å². The fourth-order valence-electron chi connectivity index (χ4n) is 2.32. The number of hydrogen-bond acceptors (Lipinski definition) is 5. The van der Waals surface area contributed by atoms with Crippen LogP contribution in [0.4, 0.5) is 27.3 Å². The molecule has 2 N–H and O–H groups in total. The van der Waals surface area contributed by atoms with Gasteiger partial charge in [0.25, 0.3) is 5.91 Å². The zero-order valence-electron chi connectivity index (χ0n) is 14.7. The number of carbonyl (C=O) groups excluding carboxylic acids is 1. The number of rotatable bonds is 5. The molecule has 0 aliphatic carbocycles. The van der Waals surface area contributed by atoms with E-state index in [0.29, 0.717) is 11.5 Å². The van der Waals surface area contributed by atoms with Gasteiger partial charge in [0.2, 0.25) is 0 Å². The molecule has 0 saturated heterocycles. The van der Waals surface area contributed by atoms with Crippen molar-refractivity contribution in [3.63, 3.8) is 0 Å². The molecule has 1 amide bonds. The molecule has 0 unspecified atom stereocenters. The predicted molar refractivity (Wildman–Crippen MR) is 105 cm³/mol. The third-order valence-electron chi connectivity index (χ3n) is 3.75.